The molecule has 0 amide bonds. The van der Waals surface area contributed by atoms with Crippen molar-refractivity contribution in [2.24, 2.45) is 11.7 Å². The number of furan rings is 1. The van der Waals surface area contributed by atoms with E-state index in [1.165, 1.54) is 4.57 Å². The highest BCUT2D eigenvalue weighted by atomic mass is 16.3. The number of nitrogens with two attached hydrogens (primary N) is 2. The molecule has 28 heavy (non-hydrogen) atoms. The Hall–Kier alpha value is -2.86. The van der Waals surface area contributed by atoms with E-state index in [2.05, 4.69) is 31.0 Å². The normalized spacial score (nSPS) is 12.4. The summed E-state index contributed by atoms with van der Waals surface area (Å²) >= 11 is 0. The number of aromatic nitrogens is 2. The van der Waals surface area contributed by atoms with Crippen molar-refractivity contribution in [1.29, 1.82) is 0 Å². The molecule has 0 spiro atoms. The number of rotatable bonds is 8. The number of nitrogens with zero attached hydrogens (tertiary/aromatic N) is 2. The smallest absolute Gasteiger partial charge is 0.256 e. The van der Waals surface area contributed by atoms with Crippen LogP contribution in [0.5, 0.6) is 0 Å². The monoisotopic (exact) mass is 380 g/mol. The average Bonchev–Trinajstić information content (AvgIpc) is 3.19. The van der Waals surface area contributed by atoms with Gasteiger partial charge in [0.15, 0.2) is 0 Å². The summed E-state index contributed by atoms with van der Waals surface area (Å²) in [6.45, 7) is 4.25. The fourth-order valence-electron chi connectivity index (χ4n) is 3.25. The molecule has 0 bridgehead atoms. The molecule has 0 aliphatic rings. The van der Waals surface area contributed by atoms with Gasteiger partial charge in [-0.15, -0.1) is 0 Å². The Kier molecular flexibility index (Phi) is 6.31. The molecule has 1 aromatic carbocycles. The Morgan fingerprint density at radius 2 is 1.93 bits per heavy atom. The Morgan fingerprint density at radius 3 is 2.61 bits per heavy atom. The SMILES string of the molecule is CC(C)CCC(N)n1c(N)nc(CCc2cccc(-c3ccco3)c2)cc1=O. The van der Waals surface area contributed by atoms with Gasteiger partial charge in [-0.1, -0.05) is 32.0 Å². The molecule has 6 heteroatoms. The highest BCUT2D eigenvalue weighted by Gasteiger charge is 2.13. The standard InChI is InChI=1S/C22H28N4O2/c1-15(2)8-11-20(23)26-21(27)14-18(25-22(26)24)10-9-16-5-3-6-17(13-16)19-7-4-12-28-19/h3-7,12-15,20H,8-11,23H2,1-2H3,(H2,24,25). The van der Waals surface area contributed by atoms with Crippen LogP contribution in [0.3, 0.4) is 0 Å². The Labute approximate surface area is 165 Å². The average molecular weight is 380 g/mol. The summed E-state index contributed by atoms with van der Waals surface area (Å²) in [5.74, 6) is 1.54. The zero-order valence-electron chi connectivity index (χ0n) is 16.5. The maximum absolute atomic E-state index is 12.5. The maximum atomic E-state index is 12.5. The summed E-state index contributed by atoms with van der Waals surface area (Å²) in [5, 5.41) is 0. The molecular weight excluding hydrogens is 352 g/mol. The number of benzene rings is 1. The van der Waals surface area contributed by atoms with E-state index < -0.39 is 6.17 Å². The Bertz CT molecular complexity index is 961. The first kappa shape index (κ1) is 19.9. The zero-order chi connectivity index (χ0) is 20.1. The van der Waals surface area contributed by atoms with Gasteiger partial charge < -0.3 is 15.9 Å². The summed E-state index contributed by atoms with van der Waals surface area (Å²) in [5.41, 5.74) is 14.9. The number of aryl methyl sites for hydroxylation is 2. The number of hydrogen-bond donors (Lipinski definition) is 2. The lowest BCUT2D eigenvalue weighted by molar-refractivity contribution is 0.416. The van der Waals surface area contributed by atoms with Crippen molar-refractivity contribution in [3.63, 3.8) is 0 Å². The van der Waals surface area contributed by atoms with Crippen molar-refractivity contribution in [3.8, 4) is 11.3 Å². The second-order valence-electron chi connectivity index (χ2n) is 7.53. The second-order valence-corrected chi connectivity index (χ2v) is 7.53. The van der Waals surface area contributed by atoms with E-state index in [0.717, 1.165) is 29.7 Å². The highest BCUT2D eigenvalue weighted by molar-refractivity contribution is 5.58. The topological polar surface area (TPSA) is 100 Å². The summed E-state index contributed by atoms with van der Waals surface area (Å²) in [6, 6.07) is 13.5. The third-order valence-electron chi connectivity index (χ3n) is 4.81. The molecule has 0 radical (unpaired) electrons. The third-order valence-corrected chi connectivity index (χ3v) is 4.81. The quantitative estimate of drug-likeness (QED) is 0.620. The molecule has 4 N–H and O–H groups in total. The van der Waals surface area contributed by atoms with Crippen molar-refractivity contribution >= 4 is 5.95 Å². The Balaban J connectivity index is 1.70. The first-order chi connectivity index (χ1) is 13.4. The van der Waals surface area contributed by atoms with Crippen molar-refractivity contribution in [3.05, 3.63) is 70.3 Å². The van der Waals surface area contributed by atoms with Gasteiger partial charge in [0.05, 0.1) is 18.1 Å². The van der Waals surface area contributed by atoms with Crippen LogP contribution >= 0.6 is 0 Å². The second kappa shape index (κ2) is 8.89. The zero-order valence-corrected chi connectivity index (χ0v) is 16.5. The van der Waals surface area contributed by atoms with Crippen LogP contribution in [0.25, 0.3) is 11.3 Å². The fourth-order valence-corrected chi connectivity index (χ4v) is 3.25. The minimum absolute atomic E-state index is 0.183. The van der Waals surface area contributed by atoms with Gasteiger partial charge in [-0.3, -0.25) is 9.36 Å². The van der Waals surface area contributed by atoms with E-state index in [9.17, 15) is 4.79 Å². The molecule has 0 aliphatic heterocycles. The van der Waals surface area contributed by atoms with Crippen LogP contribution in [0.1, 0.15) is 44.1 Å². The summed E-state index contributed by atoms with van der Waals surface area (Å²) < 4.78 is 6.85. The van der Waals surface area contributed by atoms with E-state index >= 15 is 0 Å². The molecule has 2 aromatic heterocycles. The van der Waals surface area contributed by atoms with E-state index in [-0.39, 0.29) is 11.5 Å². The van der Waals surface area contributed by atoms with Crippen LogP contribution in [-0.2, 0) is 12.8 Å². The lowest BCUT2D eigenvalue weighted by Gasteiger charge is -2.18. The maximum Gasteiger partial charge on any atom is 0.256 e. The third kappa shape index (κ3) is 4.89. The van der Waals surface area contributed by atoms with Crippen LogP contribution in [-0.4, -0.2) is 9.55 Å². The number of nitrogen functional groups attached to an aromatic ring is 1. The molecule has 1 unspecified atom stereocenters. The summed E-state index contributed by atoms with van der Waals surface area (Å²) in [7, 11) is 0. The molecular formula is C22H28N4O2. The predicted molar refractivity (Wildman–Crippen MR) is 112 cm³/mol. The van der Waals surface area contributed by atoms with Gasteiger partial charge >= 0.3 is 0 Å². The van der Waals surface area contributed by atoms with Crippen LogP contribution in [0.15, 0.2) is 57.9 Å². The van der Waals surface area contributed by atoms with Gasteiger partial charge in [0.1, 0.15) is 5.76 Å². The molecule has 1 atom stereocenters. The van der Waals surface area contributed by atoms with E-state index in [0.29, 0.717) is 24.5 Å². The minimum atomic E-state index is -0.443. The first-order valence-corrected chi connectivity index (χ1v) is 9.70. The molecule has 2 heterocycles. The molecule has 6 nitrogen and oxygen atoms in total. The molecule has 3 rings (SSSR count). The molecule has 0 saturated carbocycles. The molecule has 148 valence electrons. The molecule has 0 fully saturated rings. The van der Waals surface area contributed by atoms with E-state index in [4.69, 9.17) is 15.9 Å². The minimum Gasteiger partial charge on any atom is -0.464 e. The fraction of sp³-hybridized carbons (Fsp3) is 0.364. The van der Waals surface area contributed by atoms with Crippen molar-refractivity contribution in [1.82, 2.24) is 9.55 Å². The van der Waals surface area contributed by atoms with Crippen molar-refractivity contribution < 1.29 is 4.42 Å². The lowest BCUT2D eigenvalue weighted by Crippen LogP contribution is -2.33. The van der Waals surface area contributed by atoms with E-state index in [1.807, 2.05) is 24.3 Å². The van der Waals surface area contributed by atoms with Gasteiger partial charge in [-0.25, -0.2) is 4.98 Å². The van der Waals surface area contributed by atoms with Gasteiger partial charge in [0.2, 0.25) is 5.95 Å². The molecule has 0 saturated heterocycles. The van der Waals surface area contributed by atoms with Crippen molar-refractivity contribution in [2.75, 3.05) is 5.73 Å². The largest absolute Gasteiger partial charge is 0.464 e. The Morgan fingerprint density at radius 1 is 1.11 bits per heavy atom. The highest BCUT2D eigenvalue weighted by Crippen LogP contribution is 2.21. The van der Waals surface area contributed by atoms with Crippen LogP contribution < -0.4 is 17.0 Å². The number of anilines is 1. The van der Waals surface area contributed by atoms with E-state index in [1.54, 1.807) is 12.3 Å². The first-order valence-electron chi connectivity index (χ1n) is 9.70. The summed E-state index contributed by atoms with van der Waals surface area (Å²) in [6.07, 6.45) is 4.23. The van der Waals surface area contributed by atoms with Gasteiger partial charge in [-0.05, 0) is 55.4 Å². The molecule has 3 aromatic rings. The van der Waals surface area contributed by atoms with Crippen LogP contribution in [0.2, 0.25) is 0 Å². The van der Waals surface area contributed by atoms with Crippen LogP contribution in [0.4, 0.5) is 5.95 Å². The van der Waals surface area contributed by atoms with Gasteiger partial charge in [0.25, 0.3) is 5.56 Å². The van der Waals surface area contributed by atoms with Crippen molar-refractivity contribution in [2.45, 2.75) is 45.7 Å². The van der Waals surface area contributed by atoms with Gasteiger partial charge in [0, 0.05) is 11.6 Å². The van der Waals surface area contributed by atoms with Gasteiger partial charge in [-0.2, -0.15) is 0 Å². The lowest BCUT2D eigenvalue weighted by atomic mass is 10.0. The predicted octanol–water partition coefficient (Wildman–Crippen LogP) is 3.76. The van der Waals surface area contributed by atoms with Crippen LogP contribution in [0, 0.1) is 5.92 Å². The molecule has 0 aliphatic carbocycles. The number of hydrogen-bond acceptors (Lipinski definition) is 5. The summed E-state index contributed by atoms with van der Waals surface area (Å²) in [4.78, 5) is 16.9.